The maximum Gasteiger partial charge on any atom is 0.0953 e. The maximum atomic E-state index is 8.38. The summed E-state index contributed by atoms with van der Waals surface area (Å²) in [6.07, 6.45) is 3.49. The average molecular weight is 233 g/mol. The van der Waals surface area contributed by atoms with Crippen LogP contribution >= 0.6 is 0 Å². The monoisotopic (exact) mass is 233 g/mol. The number of nitrogens with zero attached hydrogens (tertiary/aromatic N) is 1. The summed E-state index contributed by atoms with van der Waals surface area (Å²) in [6.45, 7) is 1.51. The first-order valence-corrected chi connectivity index (χ1v) is 5.85. The van der Waals surface area contributed by atoms with Crippen molar-refractivity contribution in [3.63, 3.8) is 0 Å². The summed E-state index contributed by atoms with van der Waals surface area (Å²) in [6, 6.07) is 12.1. The van der Waals surface area contributed by atoms with Crippen molar-refractivity contribution in [2.24, 2.45) is 5.90 Å². The third-order valence-electron chi connectivity index (χ3n) is 2.56. The van der Waals surface area contributed by atoms with Gasteiger partial charge in [-0.15, -0.1) is 0 Å². The van der Waals surface area contributed by atoms with Gasteiger partial charge in [-0.25, -0.2) is 5.90 Å². The minimum absolute atomic E-state index is 0.142. The Morgan fingerprint density at radius 3 is 2.59 bits per heavy atom. The predicted octanol–water partition coefficient (Wildman–Crippen LogP) is 1.73. The lowest BCUT2D eigenvalue weighted by Gasteiger charge is -2.15. The second-order valence-corrected chi connectivity index (χ2v) is 3.93. The molecule has 4 nitrogen and oxygen atoms in total. The molecule has 0 amide bonds. The average Bonchev–Trinajstić information content (AvgIpc) is 2.42. The Kier molecular flexibility index (Phi) is 6.99. The van der Waals surface area contributed by atoms with E-state index >= 15 is 0 Å². The summed E-state index contributed by atoms with van der Waals surface area (Å²) in [7, 11) is 0. The summed E-state index contributed by atoms with van der Waals surface area (Å²) in [5.41, 5.74) is 1.10. The van der Waals surface area contributed by atoms with Crippen molar-refractivity contribution in [3.05, 3.63) is 35.9 Å². The van der Waals surface area contributed by atoms with Gasteiger partial charge < -0.3 is 5.32 Å². The number of piperidine rings is 1. The van der Waals surface area contributed by atoms with Crippen LogP contribution in [0.3, 0.4) is 0 Å². The standard InChI is InChI=1S/C7H9NO.C6H10N2/c8-9-6-7-4-2-1-3-5-7;7-5-6-3-1-2-4-8-6/h1-5H,6,8H2;6,8H,1-4H2. The van der Waals surface area contributed by atoms with Gasteiger partial charge in [0.05, 0.1) is 18.7 Å². The molecule has 2 rings (SSSR count). The van der Waals surface area contributed by atoms with Crippen molar-refractivity contribution in [1.82, 2.24) is 5.32 Å². The number of nitrogens with two attached hydrogens (primary N) is 1. The fourth-order valence-corrected chi connectivity index (χ4v) is 1.63. The number of nitrogens with one attached hydrogen (secondary N) is 1. The molecule has 1 aromatic carbocycles. The molecule has 0 spiro atoms. The van der Waals surface area contributed by atoms with Crippen LogP contribution in [0.25, 0.3) is 0 Å². The van der Waals surface area contributed by atoms with Crippen LogP contribution in [-0.2, 0) is 11.4 Å². The molecule has 3 N–H and O–H groups in total. The van der Waals surface area contributed by atoms with E-state index in [-0.39, 0.29) is 6.04 Å². The molecule has 0 saturated carbocycles. The molecule has 0 aliphatic carbocycles. The molecule has 1 aliphatic heterocycles. The Morgan fingerprint density at radius 2 is 2.12 bits per heavy atom. The lowest BCUT2D eigenvalue weighted by atomic mass is 10.1. The molecule has 1 unspecified atom stereocenters. The summed E-state index contributed by atoms with van der Waals surface area (Å²) < 4.78 is 0. The summed E-state index contributed by atoms with van der Waals surface area (Å²) in [5.74, 6) is 4.86. The van der Waals surface area contributed by atoms with Crippen molar-refractivity contribution in [3.8, 4) is 6.07 Å². The Morgan fingerprint density at radius 1 is 1.35 bits per heavy atom. The Bertz CT molecular complexity index is 328. The van der Waals surface area contributed by atoms with Gasteiger partial charge in [0.1, 0.15) is 0 Å². The molecule has 1 saturated heterocycles. The normalized spacial score (nSPS) is 18.7. The van der Waals surface area contributed by atoms with Crippen LogP contribution in [0, 0.1) is 11.3 Å². The van der Waals surface area contributed by atoms with Gasteiger partial charge in [-0.05, 0) is 31.4 Å². The molecule has 1 aliphatic rings. The SMILES string of the molecule is N#CC1CCCCN1.NOCc1ccccc1. The van der Waals surface area contributed by atoms with E-state index in [1.54, 1.807) is 0 Å². The highest BCUT2D eigenvalue weighted by molar-refractivity contribution is 5.13. The van der Waals surface area contributed by atoms with Gasteiger partial charge in [0.2, 0.25) is 0 Å². The molecule has 0 bridgehead atoms. The van der Waals surface area contributed by atoms with Crippen molar-refractivity contribution in [1.29, 1.82) is 5.26 Å². The van der Waals surface area contributed by atoms with Crippen LogP contribution in [0.1, 0.15) is 24.8 Å². The minimum Gasteiger partial charge on any atom is -0.302 e. The van der Waals surface area contributed by atoms with Crippen molar-refractivity contribution < 1.29 is 4.84 Å². The first-order chi connectivity index (χ1) is 8.36. The number of benzene rings is 1. The molecule has 92 valence electrons. The fourth-order valence-electron chi connectivity index (χ4n) is 1.63. The molecule has 4 heteroatoms. The molecule has 1 fully saturated rings. The number of hydrogen-bond acceptors (Lipinski definition) is 4. The second-order valence-electron chi connectivity index (χ2n) is 3.93. The summed E-state index contributed by atoms with van der Waals surface area (Å²) >= 11 is 0. The largest absolute Gasteiger partial charge is 0.302 e. The second kappa shape index (κ2) is 8.71. The van der Waals surface area contributed by atoms with Crippen LogP contribution in [0.5, 0.6) is 0 Å². The molecule has 1 aromatic rings. The topological polar surface area (TPSA) is 71.1 Å². The Labute approximate surface area is 102 Å². The molecule has 0 radical (unpaired) electrons. The van der Waals surface area contributed by atoms with Gasteiger partial charge >= 0.3 is 0 Å². The lowest BCUT2D eigenvalue weighted by molar-refractivity contribution is 0.124. The summed E-state index contributed by atoms with van der Waals surface area (Å²) in [4.78, 5) is 4.43. The van der Waals surface area contributed by atoms with Gasteiger partial charge in [-0.1, -0.05) is 30.3 Å². The third kappa shape index (κ3) is 6.03. The van der Waals surface area contributed by atoms with E-state index in [9.17, 15) is 0 Å². The van der Waals surface area contributed by atoms with E-state index in [1.807, 2.05) is 30.3 Å². The smallest absolute Gasteiger partial charge is 0.0953 e. The van der Waals surface area contributed by atoms with E-state index in [1.165, 1.54) is 12.8 Å². The molecule has 17 heavy (non-hydrogen) atoms. The summed E-state index contributed by atoms with van der Waals surface area (Å²) in [5, 5.41) is 11.5. The predicted molar refractivity (Wildman–Crippen MR) is 66.7 cm³/mol. The molecular formula is C13H19N3O. The zero-order valence-electron chi connectivity index (χ0n) is 9.93. The van der Waals surface area contributed by atoms with Crippen molar-refractivity contribution >= 4 is 0 Å². The van der Waals surface area contributed by atoms with Gasteiger partial charge in [0.25, 0.3) is 0 Å². The molecule has 1 atom stereocenters. The van der Waals surface area contributed by atoms with Gasteiger partial charge in [-0.3, -0.25) is 4.84 Å². The van der Waals surface area contributed by atoms with E-state index in [2.05, 4.69) is 16.2 Å². The molecule has 0 aromatic heterocycles. The van der Waals surface area contributed by atoms with E-state index in [4.69, 9.17) is 11.2 Å². The number of hydrogen-bond donors (Lipinski definition) is 2. The third-order valence-corrected chi connectivity index (χ3v) is 2.56. The van der Waals surface area contributed by atoms with E-state index in [0.717, 1.165) is 18.5 Å². The van der Waals surface area contributed by atoms with Gasteiger partial charge in [0.15, 0.2) is 0 Å². The zero-order chi connectivity index (χ0) is 12.3. The van der Waals surface area contributed by atoms with Gasteiger partial charge in [-0.2, -0.15) is 5.26 Å². The van der Waals surface area contributed by atoms with Crippen LogP contribution in [-0.4, -0.2) is 12.6 Å². The first kappa shape index (κ1) is 13.7. The Hall–Kier alpha value is -1.41. The van der Waals surface area contributed by atoms with Crippen LogP contribution < -0.4 is 11.2 Å². The quantitative estimate of drug-likeness (QED) is 0.763. The van der Waals surface area contributed by atoms with Crippen molar-refractivity contribution in [2.45, 2.75) is 31.9 Å². The molecular weight excluding hydrogens is 214 g/mol. The van der Waals surface area contributed by atoms with Crippen molar-refractivity contribution in [2.75, 3.05) is 6.54 Å². The van der Waals surface area contributed by atoms with E-state index in [0.29, 0.717) is 6.61 Å². The Balaban J connectivity index is 0.000000171. The van der Waals surface area contributed by atoms with Gasteiger partial charge in [0, 0.05) is 0 Å². The number of rotatable bonds is 2. The van der Waals surface area contributed by atoms with Crippen LogP contribution in [0.15, 0.2) is 30.3 Å². The highest BCUT2D eigenvalue weighted by atomic mass is 16.6. The van der Waals surface area contributed by atoms with Crippen LogP contribution in [0.2, 0.25) is 0 Å². The number of nitriles is 1. The fraction of sp³-hybridized carbons (Fsp3) is 0.462. The highest BCUT2D eigenvalue weighted by Gasteiger charge is 2.09. The maximum absolute atomic E-state index is 8.38. The lowest BCUT2D eigenvalue weighted by Crippen LogP contribution is -2.32. The highest BCUT2D eigenvalue weighted by Crippen LogP contribution is 2.04. The van der Waals surface area contributed by atoms with Crippen LogP contribution in [0.4, 0.5) is 0 Å². The minimum atomic E-state index is 0.142. The first-order valence-electron chi connectivity index (χ1n) is 5.85. The van der Waals surface area contributed by atoms with E-state index < -0.39 is 0 Å². The molecule has 1 heterocycles. The zero-order valence-corrected chi connectivity index (χ0v) is 9.93.